The fourth-order valence-electron chi connectivity index (χ4n) is 3.76. The molecule has 8 heteroatoms. The van der Waals surface area contributed by atoms with Crippen molar-refractivity contribution in [3.8, 4) is 0 Å². The molecule has 0 radical (unpaired) electrons. The molecule has 2 aliphatic rings. The van der Waals surface area contributed by atoms with Crippen LogP contribution in [0.3, 0.4) is 0 Å². The molecule has 3 aromatic rings. The van der Waals surface area contributed by atoms with E-state index in [2.05, 4.69) is 15.3 Å². The molecule has 1 N–H and O–H groups in total. The van der Waals surface area contributed by atoms with Crippen LogP contribution in [0.2, 0.25) is 0 Å². The lowest BCUT2D eigenvalue weighted by molar-refractivity contribution is 0.0454. The van der Waals surface area contributed by atoms with Gasteiger partial charge in [-0.2, -0.15) is 22.0 Å². The molecular formula is C19H19N5O2S. The van der Waals surface area contributed by atoms with Gasteiger partial charge in [0.15, 0.2) is 5.69 Å². The topological polar surface area (TPSA) is 83.9 Å². The van der Waals surface area contributed by atoms with E-state index < -0.39 is 0 Å². The zero-order valence-corrected chi connectivity index (χ0v) is 15.5. The van der Waals surface area contributed by atoms with E-state index in [1.807, 2.05) is 36.0 Å². The van der Waals surface area contributed by atoms with Crippen LogP contribution in [-0.2, 0) is 18.7 Å². The van der Waals surface area contributed by atoms with Crippen LogP contribution in [0.1, 0.15) is 21.7 Å². The van der Waals surface area contributed by atoms with Gasteiger partial charge in [0.05, 0.1) is 17.8 Å². The van der Waals surface area contributed by atoms with Gasteiger partial charge in [-0.25, -0.2) is 4.68 Å². The van der Waals surface area contributed by atoms with Crippen LogP contribution < -0.4 is 5.56 Å². The van der Waals surface area contributed by atoms with Crippen molar-refractivity contribution in [2.75, 3.05) is 18.8 Å². The van der Waals surface area contributed by atoms with Crippen molar-refractivity contribution in [2.45, 2.75) is 18.7 Å². The molecule has 7 nitrogen and oxygen atoms in total. The van der Waals surface area contributed by atoms with E-state index in [9.17, 15) is 9.59 Å². The lowest BCUT2D eigenvalue weighted by atomic mass is 9.99. The van der Waals surface area contributed by atoms with E-state index in [1.54, 1.807) is 15.6 Å². The quantitative estimate of drug-likeness (QED) is 0.746. The highest BCUT2D eigenvalue weighted by Gasteiger charge is 2.33. The Morgan fingerprint density at radius 2 is 2.15 bits per heavy atom. The monoisotopic (exact) mass is 381 g/mol. The minimum absolute atomic E-state index is 0.0423. The summed E-state index contributed by atoms with van der Waals surface area (Å²) in [6.45, 7) is 1.81. The summed E-state index contributed by atoms with van der Waals surface area (Å²) in [4.78, 5) is 26.8. The fraction of sp³-hybridized carbons (Fsp3) is 0.368. The number of rotatable bonds is 3. The van der Waals surface area contributed by atoms with Crippen LogP contribution in [-0.4, -0.2) is 49.6 Å². The summed E-state index contributed by atoms with van der Waals surface area (Å²) in [5.74, 6) is 2.12. The van der Waals surface area contributed by atoms with Gasteiger partial charge in [0.2, 0.25) is 0 Å². The van der Waals surface area contributed by atoms with Crippen LogP contribution >= 0.6 is 11.8 Å². The second-order valence-electron chi connectivity index (χ2n) is 7.13. The molecule has 0 unspecified atom stereocenters. The van der Waals surface area contributed by atoms with E-state index in [0.717, 1.165) is 40.1 Å². The second kappa shape index (κ2) is 6.53. The average molecular weight is 381 g/mol. The molecule has 2 aromatic heterocycles. The van der Waals surface area contributed by atoms with E-state index in [4.69, 9.17) is 0 Å². The highest BCUT2D eigenvalue weighted by atomic mass is 32.2. The van der Waals surface area contributed by atoms with Gasteiger partial charge < -0.3 is 4.90 Å². The minimum atomic E-state index is -0.0635. The number of hydrogen-bond acceptors (Lipinski definition) is 5. The van der Waals surface area contributed by atoms with Gasteiger partial charge in [-0.3, -0.25) is 14.7 Å². The molecule has 1 saturated heterocycles. The number of fused-ring (bicyclic) bond motifs is 2. The first-order valence-corrected chi connectivity index (χ1v) is 10.2. The standard InChI is InChI=1S/C19H19N5O2S/c25-17-7-13-11-27-6-5-15(13)22-24(17)10-12-8-23(9-12)19(26)18-14-3-1-2-4-16(14)20-21-18/h1-4,7,12H,5-6,8-11H2,(H,20,21). The highest BCUT2D eigenvalue weighted by Crippen LogP contribution is 2.24. The number of aromatic amines is 1. The Morgan fingerprint density at radius 3 is 3.04 bits per heavy atom. The number of nitrogens with zero attached hydrogens (tertiary/aromatic N) is 4. The van der Waals surface area contributed by atoms with Crippen molar-refractivity contribution >= 4 is 28.6 Å². The maximum atomic E-state index is 12.7. The molecule has 138 valence electrons. The second-order valence-corrected chi connectivity index (χ2v) is 8.24. The van der Waals surface area contributed by atoms with Crippen LogP contribution in [0.25, 0.3) is 10.9 Å². The zero-order valence-electron chi connectivity index (χ0n) is 14.7. The lowest BCUT2D eigenvalue weighted by Gasteiger charge is -2.39. The number of amides is 1. The molecule has 1 amide bonds. The molecular weight excluding hydrogens is 362 g/mol. The third-order valence-corrected chi connectivity index (χ3v) is 6.26. The zero-order chi connectivity index (χ0) is 18.4. The predicted octanol–water partition coefficient (Wildman–Crippen LogP) is 1.68. The maximum absolute atomic E-state index is 12.7. The molecule has 0 aliphatic carbocycles. The molecule has 0 bridgehead atoms. The van der Waals surface area contributed by atoms with Gasteiger partial charge in [0.1, 0.15) is 0 Å². The first-order valence-electron chi connectivity index (χ1n) is 9.09. The summed E-state index contributed by atoms with van der Waals surface area (Å²) in [5.41, 5.74) is 3.40. The van der Waals surface area contributed by atoms with E-state index in [0.29, 0.717) is 25.3 Å². The van der Waals surface area contributed by atoms with Crippen LogP contribution in [0.4, 0.5) is 0 Å². The average Bonchev–Trinajstić information content (AvgIpc) is 3.08. The number of likely N-dealkylation sites (tertiary alicyclic amines) is 1. The largest absolute Gasteiger partial charge is 0.336 e. The minimum Gasteiger partial charge on any atom is -0.336 e. The molecule has 2 aliphatic heterocycles. The first-order chi connectivity index (χ1) is 13.2. The first kappa shape index (κ1) is 16.6. The Bertz CT molecular complexity index is 1080. The third kappa shape index (κ3) is 2.93. The van der Waals surface area contributed by atoms with Crippen LogP contribution in [0.15, 0.2) is 35.1 Å². The fourth-order valence-corrected chi connectivity index (χ4v) is 4.71. The molecule has 1 aromatic carbocycles. The van der Waals surface area contributed by atoms with Crippen molar-refractivity contribution in [1.82, 2.24) is 24.9 Å². The lowest BCUT2D eigenvalue weighted by Crippen LogP contribution is -2.52. The summed E-state index contributed by atoms with van der Waals surface area (Å²) in [5, 5.41) is 12.5. The van der Waals surface area contributed by atoms with Gasteiger partial charge in [0, 0.05) is 42.6 Å². The van der Waals surface area contributed by atoms with Gasteiger partial charge in [0.25, 0.3) is 11.5 Å². The summed E-state index contributed by atoms with van der Waals surface area (Å²) in [7, 11) is 0. The molecule has 0 atom stereocenters. The Morgan fingerprint density at radius 1 is 1.30 bits per heavy atom. The van der Waals surface area contributed by atoms with Crippen LogP contribution in [0, 0.1) is 5.92 Å². The summed E-state index contributed by atoms with van der Waals surface area (Å²) in [6.07, 6.45) is 0.918. The number of nitrogens with one attached hydrogen (secondary N) is 1. The van der Waals surface area contributed by atoms with E-state index >= 15 is 0 Å². The molecule has 0 spiro atoms. The number of carbonyl (C=O) groups excluding carboxylic acids is 1. The van der Waals surface area contributed by atoms with Crippen molar-refractivity contribution in [1.29, 1.82) is 0 Å². The van der Waals surface area contributed by atoms with Crippen molar-refractivity contribution in [2.24, 2.45) is 5.92 Å². The molecule has 1 fully saturated rings. The number of aryl methyl sites for hydroxylation is 1. The summed E-state index contributed by atoms with van der Waals surface area (Å²) >= 11 is 1.84. The number of thioether (sulfide) groups is 1. The van der Waals surface area contributed by atoms with Crippen molar-refractivity contribution in [3.63, 3.8) is 0 Å². The molecule has 0 saturated carbocycles. The number of aromatic nitrogens is 4. The Labute approximate surface area is 159 Å². The Balaban J connectivity index is 1.27. The van der Waals surface area contributed by atoms with Crippen molar-refractivity contribution in [3.05, 3.63) is 57.6 Å². The SMILES string of the molecule is O=C(c1n[nH]c2ccccc12)N1CC(Cn2nc3c(cc2=O)CSCC3)C1. The summed E-state index contributed by atoms with van der Waals surface area (Å²) in [6, 6.07) is 9.35. The normalized spacial score (nSPS) is 17.0. The van der Waals surface area contributed by atoms with E-state index in [1.165, 1.54) is 0 Å². The maximum Gasteiger partial charge on any atom is 0.275 e. The predicted molar refractivity (Wildman–Crippen MR) is 104 cm³/mol. The van der Waals surface area contributed by atoms with Gasteiger partial charge in [-0.1, -0.05) is 18.2 Å². The Hall–Kier alpha value is -2.61. The van der Waals surface area contributed by atoms with Gasteiger partial charge >= 0.3 is 0 Å². The van der Waals surface area contributed by atoms with Gasteiger partial charge in [-0.15, -0.1) is 0 Å². The molecule has 4 heterocycles. The number of H-pyrrole nitrogens is 1. The third-order valence-electron chi connectivity index (χ3n) is 5.25. The number of benzene rings is 1. The summed E-state index contributed by atoms with van der Waals surface area (Å²) < 4.78 is 1.57. The number of hydrogen-bond donors (Lipinski definition) is 1. The highest BCUT2D eigenvalue weighted by molar-refractivity contribution is 7.98. The van der Waals surface area contributed by atoms with Gasteiger partial charge in [-0.05, 0) is 17.4 Å². The molecule has 27 heavy (non-hydrogen) atoms. The van der Waals surface area contributed by atoms with E-state index in [-0.39, 0.29) is 17.4 Å². The molecule has 5 rings (SSSR count). The van der Waals surface area contributed by atoms with Crippen LogP contribution in [0.5, 0.6) is 0 Å². The van der Waals surface area contributed by atoms with Crippen molar-refractivity contribution < 1.29 is 4.79 Å². The number of para-hydroxylation sites is 1. The smallest absolute Gasteiger partial charge is 0.275 e. The number of carbonyl (C=O) groups is 1. The Kier molecular flexibility index (Phi) is 4.00.